The van der Waals surface area contributed by atoms with Crippen LogP contribution in [-0.2, 0) is 11.3 Å². The Balaban J connectivity index is 1.38. The average Bonchev–Trinajstić information content (AvgIpc) is 3.12. The summed E-state index contributed by atoms with van der Waals surface area (Å²) in [6.45, 7) is 3.97. The van der Waals surface area contributed by atoms with Gasteiger partial charge in [-0.3, -0.25) is 20.0 Å². The molecule has 3 aliphatic heterocycles. The number of benzene rings is 1. The molecule has 4 N–H and O–H groups in total. The van der Waals surface area contributed by atoms with Crippen LogP contribution in [0.1, 0.15) is 30.4 Å². The van der Waals surface area contributed by atoms with Crippen molar-refractivity contribution >= 4 is 23.0 Å². The summed E-state index contributed by atoms with van der Waals surface area (Å²) in [5.74, 6) is 0.487. The van der Waals surface area contributed by atoms with E-state index in [9.17, 15) is 4.79 Å². The number of anilines is 1. The number of aromatic nitrogens is 1. The number of rotatable bonds is 4. The summed E-state index contributed by atoms with van der Waals surface area (Å²) in [4.78, 5) is 21.7. The quantitative estimate of drug-likeness (QED) is 0.843. The number of nitrogens with two attached hydrogens (primary N) is 1. The Hall–Kier alpha value is -2.99. The first-order valence-corrected chi connectivity index (χ1v) is 10.4. The fourth-order valence-electron chi connectivity index (χ4n) is 4.48. The van der Waals surface area contributed by atoms with Crippen LogP contribution in [0.3, 0.4) is 0 Å². The van der Waals surface area contributed by atoms with Gasteiger partial charge in [0.25, 0.3) is 11.7 Å². The Bertz CT molecular complexity index is 1000. The highest BCUT2D eigenvalue weighted by atomic mass is 16.1. The predicted molar refractivity (Wildman–Crippen MR) is 114 cm³/mol. The molecule has 1 aromatic heterocycles. The fourth-order valence-corrected chi connectivity index (χ4v) is 4.48. The number of pyridine rings is 1. The van der Waals surface area contributed by atoms with Crippen molar-refractivity contribution in [3.63, 3.8) is 0 Å². The Labute approximate surface area is 170 Å². The molecular weight excluding hydrogens is 362 g/mol. The lowest BCUT2D eigenvalue weighted by molar-refractivity contribution is -0.360. The van der Waals surface area contributed by atoms with Gasteiger partial charge in [-0.2, -0.15) is 0 Å². The van der Waals surface area contributed by atoms with E-state index < -0.39 is 5.91 Å². The number of piperidine rings is 1. The third-order valence-electron chi connectivity index (χ3n) is 6.08. The molecule has 1 amide bonds. The number of amides is 1. The zero-order valence-electron chi connectivity index (χ0n) is 16.4. The van der Waals surface area contributed by atoms with E-state index in [0.717, 1.165) is 29.1 Å². The number of primary amides is 1. The summed E-state index contributed by atoms with van der Waals surface area (Å²) in [5.41, 5.74) is 11.6. The summed E-state index contributed by atoms with van der Waals surface area (Å²) in [7, 11) is 0. The van der Waals surface area contributed by atoms with Crippen molar-refractivity contribution in [3.8, 4) is 11.1 Å². The van der Waals surface area contributed by atoms with Gasteiger partial charge in [-0.25, -0.2) is 4.98 Å². The molecule has 6 heteroatoms. The van der Waals surface area contributed by atoms with Gasteiger partial charge in [0.15, 0.2) is 0 Å². The van der Waals surface area contributed by atoms with Gasteiger partial charge < -0.3 is 5.73 Å². The molecule has 0 saturated carbocycles. The highest BCUT2D eigenvalue weighted by Crippen LogP contribution is 2.36. The van der Waals surface area contributed by atoms with Crippen LogP contribution in [0.15, 0.2) is 47.6 Å². The highest BCUT2D eigenvalue weighted by Gasteiger charge is 2.36. The van der Waals surface area contributed by atoms with E-state index in [1.807, 2.05) is 12.3 Å². The predicted octanol–water partition coefficient (Wildman–Crippen LogP) is 2.27. The van der Waals surface area contributed by atoms with E-state index in [1.54, 1.807) is 0 Å². The molecule has 0 radical (unpaired) electrons. The molecule has 1 saturated heterocycles. The molecular formula is C23H26N5O+. The van der Waals surface area contributed by atoms with Gasteiger partial charge in [0.05, 0.1) is 18.3 Å². The summed E-state index contributed by atoms with van der Waals surface area (Å²) in [6.07, 6.45) is 7.84. The number of hydrogen-bond acceptors (Lipinski definition) is 4. The SMILES string of the molecule is NC(=O)C1=NCC2Nc3[nH+]cc(-c4ccc(CN5CCCCC5)cc4)cc3C2=C1. The lowest BCUT2D eigenvalue weighted by atomic mass is 9.96. The molecule has 0 spiro atoms. The topological polar surface area (TPSA) is 84.9 Å². The second kappa shape index (κ2) is 7.44. The van der Waals surface area contributed by atoms with E-state index in [-0.39, 0.29) is 6.04 Å². The maximum Gasteiger partial charge on any atom is 0.280 e. The number of carbonyl (C=O) groups excluding carboxylic acids is 1. The Morgan fingerprint density at radius 3 is 2.72 bits per heavy atom. The molecule has 4 heterocycles. The van der Waals surface area contributed by atoms with Gasteiger partial charge in [0.1, 0.15) is 11.8 Å². The highest BCUT2D eigenvalue weighted by molar-refractivity contribution is 6.44. The Morgan fingerprint density at radius 1 is 1.17 bits per heavy atom. The number of nitrogens with zero attached hydrogens (tertiary/aromatic N) is 2. The van der Waals surface area contributed by atoms with Crippen LogP contribution < -0.4 is 16.0 Å². The monoisotopic (exact) mass is 388 g/mol. The number of aliphatic imine (C=N–C) groups is 1. The summed E-state index contributed by atoms with van der Waals surface area (Å²) >= 11 is 0. The molecule has 148 valence electrons. The van der Waals surface area contributed by atoms with Crippen LogP contribution in [0.4, 0.5) is 5.82 Å². The average molecular weight is 388 g/mol. The summed E-state index contributed by atoms with van der Waals surface area (Å²) < 4.78 is 0. The molecule has 5 rings (SSSR count). The minimum Gasteiger partial charge on any atom is -0.364 e. The van der Waals surface area contributed by atoms with Crippen LogP contribution in [0.2, 0.25) is 0 Å². The largest absolute Gasteiger partial charge is 0.364 e. The molecule has 1 aromatic carbocycles. The minimum absolute atomic E-state index is 0.0894. The van der Waals surface area contributed by atoms with E-state index in [2.05, 4.69) is 50.5 Å². The zero-order chi connectivity index (χ0) is 19.8. The minimum atomic E-state index is -0.478. The van der Waals surface area contributed by atoms with E-state index >= 15 is 0 Å². The second-order valence-electron chi connectivity index (χ2n) is 8.10. The van der Waals surface area contributed by atoms with Gasteiger partial charge in [-0.05, 0) is 49.2 Å². The molecule has 0 aliphatic carbocycles. The van der Waals surface area contributed by atoms with Crippen LogP contribution in [0.5, 0.6) is 0 Å². The number of H-pyrrole nitrogens is 1. The standard InChI is InChI=1S/C23H25N5O/c24-22(29)20-11-18-19-10-17(12-26-23(19)27-21(18)13-25-20)16-6-4-15(5-7-16)14-28-8-2-1-3-9-28/h4-7,10-12,21H,1-3,8-9,13-14H2,(H2,24,29)(H,26,27)/p+1. The third kappa shape index (κ3) is 3.56. The number of aromatic amines is 1. The Morgan fingerprint density at radius 2 is 1.97 bits per heavy atom. The number of likely N-dealkylation sites (tertiary alicyclic amines) is 1. The first-order valence-electron chi connectivity index (χ1n) is 10.4. The number of nitrogens with one attached hydrogen (secondary N) is 2. The van der Waals surface area contributed by atoms with Crippen LogP contribution in [-0.4, -0.2) is 42.2 Å². The van der Waals surface area contributed by atoms with Gasteiger partial charge in [-0.15, -0.1) is 0 Å². The van der Waals surface area contributed by atoms with Gasteiger partial charge in [-0.1, -0.05) is 30.7 Å². The normalized spacial score (nSPS) is 20.9. The smallest absolute Gasteiger partial charge is 0.280 e. The lowest BCUT2D eigenvalue weighted by Gasteiger charge is -2.26. The van der Waals surface area contributed by atoms with Gasteiger partial charge in [0.2, 0.25) is 0 Å². The van der Waals surface area contributed by atoms with Crippen molar-refractivity contribution in [1.82, 2.24) is 4.90 Å². The van der Waals surface area contributed by atoms with Crippen molar-refractivity contribution in [3.05, 3.63) is 53.7 Å². The van der Waals surface area contributed by atoms with Crippen LogP contribution >= 0.6 is 0 Å². The Kier molecular flexibility index (Phi) is 4.64. The molecule has 1 unspecified atom stereocenters. The summed E-state index contributed by atoms with van der Waals surface area (Å²) in [6, 6.07) is 11.1. The molecule has 0 bridgehead atoms. The number of carbonyl (C=O) groups is 1. The lowest BCUT2D eigenvalue weighted by Crippen LogP contribution is -2.30. The number of dihydropyridines is 1. The number of hydrogen-bond donors (Lipinski definition) is 2. The molecule has 3 aliphatic rings. The molecule has 1 fully saturated rings. The molecule has 6 nitrogen and oxygen atoms in total. The van der Waals surface area contributed by atoms with Gasteiger partial charge in [0, 0.05) is 17.7 Å². The van der Waals surface area contributed by atoms with Crippen molar-refractivity contribution in [1.29, 1.82) is 0 Å². The van der Waals surface area contributed by atoms with Crippen molar-refractivity contribution in [2.24, 2.45) is 10.7 Å². The van der Waals surface area contributed by atoms with Crippen molar-refractivity contribution in [2.45, 2.75) is 31.8 Å². The molecule has 29 heavy (non-hydrogen) atoms. The molecule has 1 atom stereocenters. The van der Waals surface area contributed by atoms with Crippen LogP contribution in [0, 0.1) is 0 Å². The first kappa shape index (κ1) is 18.1. The first-order chi connectivity index (χ1) is 14.2. The second-order valence-corrected chi connectivity index (χ2v) is 8.10. The molecule has 2 aromatic rings. The number of fused-ring (bicyclic) bond motifs is 3. The van der Waals surface area contributed by atoms with E-state index in [1.165, 1.54) is 43.5 Å². The van der Waals surface area contributed by atoms with Crippen molar-refractivity contribution < 1.29 is 9.78 Å². The van der Waals surface area contributed by atoms with E-state index in [0.29, 0.717) is 12.3 Å². The van der Waals surface area contributed by atoms with Gasteiger partial charge >= 0.3 is 0 Å². The zero-order valence-corrected chi connectivity index (χ0v) is 16.4. The maximum absolute atomic E-state index is 11.5. The maximum atomic E-state index is 11.5. The van der Waals surface area contributed by atoms with Crippen LogP contribution in [0.25, 0.3) is 16.7 Å². The van der Waals surface area contributed by atoms with Crippen molar-refractivity contribution in [2.75, 3.05) is 25.0 Å². The van der Waals surface area contributed by atoms with E-state index in [4.69, 9.17) is 5.73 Å². The third-order valence-corrected chi connectivity index (χ3v) is 6.08. The fraction of sp³-hybridized carbons (Fsp3) is 0.348. The summed E-state index contributed by atoms with van der Waals surface area (Å²) in [5, 5.41) is 3.44.